The first-order valence-electron chi connectivity index (χ1n) is 7.68. The lowest BCUT2D eigenvalue weighted by atomic mass is 10.2. The Morgan fingerprint density at radius 1 is 1.00 bits per heavy atom. The predicted octanol–water partition coefficient (Wildman–Crippen LogP) is 5.71. The number of thioether (sulfide) groups is 1. The van der Waals surface area contributed by atoms with Gasteiger partial charge >= 0.3 is 0 Å². The molecule has 0 atom stereocenters. The molecule has 2 aromatic carbocycles. The van der Waals surface area contributed by atoms with Gasteiger partial charge in [0.25, 0.3) is 0 Å². The molecule has 0 amide bonds. The van der Waals surface area contributed by atoms with Crippen molar-refractivity contribution in [2.45, 2.75) is 10.6 Å². The second-order valence-corrected chi connectivity index (χ2v) is 6.95. The second-order valence-electron chi connectivity index (χ2n) is 5.49. The number of pyridine rings is 1. The summed E-state index contributed by atoms with van der Waals surface area (Å²) in [7, 11) is 0. The molecule has 0 aliphatic rings. The van der Waals surface area contributed by atoms with Crippen LogP contribution in [0.1, 0.15) is 5.56 Å². The Labute approximate surface area is 153 Å². The van der Waals surface area contributed by atoms with Crippen molar-refractivity contribution in [3.8, 4) is 11.5 Å². The van der Waals surface area contributed by atoms with Crippen molar-refractivity contribution in [2.75, 3.05) is 0 Å². The largest absolute Gasteiger partial charge is 0.337 e. The van der Waals surface area contributed by atoms with Gasteiger partial charge in [0.1, 0.15) is 5.69 Å². The number of H-pyrrole nitrogens is 1. The molecule has 124 valence electrons. The highest BCUT2D eigenvalue weighted by Gasteiger charge is 2.08. The number of aromatic nitrogens is 3. The molecule has 3 nitrogen and oxygen atoms in total. The van der Waals surface area contributed by atoms with Crippen molar-refractivity contribution in [3.63, 3.8) is 0 Å². The fourth-order valence-corrected chi connectivity index (χ4v) is 3.74. The Bertz CT molecular complexity index is 1050. The SMILES string of the molecule is Fc1cccc(-c2nc3ccc(SCc4ccccc4Cl)cc3[nH]2)n1. The lowest BCUT2D eigenvalue weighted by Crippen LogP contribution is -1.88. The predicted molar refractivity (Wildman–Crippen MR) is 100 cm³/mol. The van der Waals surface area contributed by atoms with Crippen LogP contribution < -0.4 is 0 Å². The van der Waals surface area contributed by atoms with Crippen LogP contribution in [0.15, 0.2) is 65.6 Å². The van der Waals surface area contributed by atoms with Crippen LogP contribution in [-0.2, 0) is 5.75 Å². The molecule has 6 heteroatoms. The molecule has 4 rings (SSSR count). The van der Waals surface area contributed by atoms with Gasteiger partial charge in [-0.3, -0.25) is 0 Å². The van der Waals surface area contributed by atoms with Gasteiger partial charge in [-0.15, -0.1) is 11.8 Å². The number of halogens is 2. The van der Waals surface area contributed by atoms with Crippen molar-refractivity contribution in [1.29, 1.82) is 0 Å². The topological polar surface area (TPSA) is 41.6 Å². The normalized spacial score (nSPS) is 11.1. The van der Waals surface area contributed by atoms with E-state index in [4.69, 9.17) is 11.6 Å². The maximum atomic E-state index is 13.3. The third-order valence-electron chi connectivity index (χ3n) is 3.76. The number of rotatable bonds is 4. The summed E-state index contributed by atoms with van der Waals surface area (Å²) in [6, 6.07) is 18.5. The highest BCUT2D eigenvalue weighted by Crippen LogP contribution is 2.29. The maximum absolute atomic E-state index is 13.3. The number of hydrogen-bond acceptors (Lipinski definition) is 3. The molecule has 0 unspecified atom stereocenters. The zero-order valence-electron chi connectivity index (χ0n) is 13.0. The quantitative estimate of drug-likeness (QED) is 0.370. The van der Waals surface area contributed by atoms with Crippen LogP contribution in [0.2, 0.25) is 5.02 Å². The molecule has 0 radical (unpaired) electrons. The van der Waals surface area contributed by atoms with Crippen molar-refractivity contribution in [2.24, 2.45) is 0 Å². The van der Waals surface area contributed by atoms with Crippen molar-refractivity contribution < 1.29 is 4.39 Å². The van der Waals surface area contributed by atoms with E-state index in [9.17, 15) is 4.39 Å². The van der Waals surface area contributed by atoms with E-state index in [0.717, 1.165) is 32.3 Å². The van der Waals surface area contributed by atoms with Gasteiger partial charge in [0, 0.05) is 15.7 Å². The summed E-state index contributed by atoms with van der Waals surface area (Å²) in [5.41, 5.74) is 3.30. The molecule has 0 bridgehead atoms. The van der Waals surface area contributed by atoms with Crippen LogP contribution >= 0.6 is 23.4 Å². The second kappa shape index (κ2) is 6.86. The van der Waals surface area contributed by atoms with Crippen molar-refractivity contribution in [3.05, 3.63) is 77.2 Å². The van der Waals surface area contributed by atoms with E-state index in [1.165, 1.54) is 6.07 Å². The summed E-state index contributed by atoms with van der Waals surface area (Å²) in [5, 5.41) is 0.775. The Morgan fingerprint density at radius 2 is 1.88 bits per heavy atom. The number of nitrogens with one attached hydrogen (secondary N) is 1. The van der Waals surface area contributed by atoms with E-state index in [1.807, 2.05) is 42.5 Å². The van der Waals surface area contributed by atoms with E-state index in [1.54, 1.807) is 23.9 Å². The number of benzene rings is 2. The Morgan fingerprint density at radius 3 is 2.72 bits per heavy atom. The van der Waals surface area contributed by atoms with Crippen LogP contribution in [0, 0.1) is 5.95 Å². The van der Waals surface area contributed by atoms with E-state index < -0.39 is 5.95 Å². The van der Waals surface area contributed by atoms with Crippen molar-refractivity contribution in [1.82, 2.24) is 15.0 Å². The standard InChI is InChI=1S/C19H13ClFN3S/c20-14-5-2-1-4-12(14)11-25-13-8-9-15-17(10-13)24-19(23-15)16-6-3-7-18(21)22-16/h1-10H,11H2,(H,23,24). The first-order chi connectivity index (χ1) is 12.2. The number of imidazole rings is 1. The zero-order valence-corrected chi connectivity index (χ0v) is 14.6. The van der Waals surface area contributed by atoms with Crippen LogP contribution in [-0.4, -0.2) is 15.0 Å². The van der Waals surface area contributed by atoms with Crippen LogP contribution in [0.25, 0.3) is 22.6 Å². The third-order valence-corrected chi connectivity index (χ3v) is 5.17. The fourth-order valence-electron chi connectivity index (χ4n) is 2.52. The monoisotopic (exact) mass is 369 g/mol. The van der Waals surface area contributed by atoms with Gasteiger partial charge < -0.3 is 4.98 Å². The summed E-state index contributed by atoms with van der Waals surface area (Å²) in [5.74, 6) is 0.828. The molecule has 0 fully saturated rings. The maximum Gasteiger partial charge on any atom is 0.213 e. The van der Waals surface area contributed by atoms with E-state index in [-0.39, 0.29) is 0 Å². The molecule has 25 heavy (non-hydrogen) atoms. The van der Waals surface area contributed by atoms with E-state index in [2.05, 4.69) is 15.0 Å². The van der Waals surface area contributed by atoms with Gasteiger partial charge in [-0.1, -0.05) is 35.9 Å². The number of hydrogen-bond donors (Lipinski definition) is 1. The van der Waals surface area contributed by atoms with Crippen LogP contribution in [0.4, 0.5) is 4.39 Å². The lowest BCUT2D eigenvalue weighted by molar-refractivity contribution is 0.585. The lowest BCUT2D eigenvalue weighted by Gasteiger charge is -2.04. The molecule has 0 saturated heterocycles. The molecule has 2 aromatic heterocycles. The average Bonchev–Trinajstić information content (AvgIpc) is 3.04. The average molecular weight is 370 g/mol. The van der Waals surface area contributed by atoms with Gasteiger partial charge in [-0.2, -0.15) is 4.39 Å². The molecular weight excluding hydrogens is 357 g/mol. The zero-order chi connectivity index (χ0) is 17.2. The van der Waals surface area contributed by atoms with Gasteiger partial charge in [-0.05, 0) is 42.0 Å². The molecule has 0 saturated carbocycles. The summed E-state index contributed by atoms with van der Waals surface area (Å²) in [6.45, 7) is 0. The van der Waals surface area contributed by atoms with Gasteiger partial charge in [0.15, 0.2) is 5.82 Å². The molecule has 4 aromatic rings. The minimum absolute atomic E-state index is 0.487. The summed E-state index contributed by atoms with van der Waals surface area (Å²) in [4.78, 5) is 12.7. The molecule has 2 heterocycles. The summed E-state index contributed by atoms with van der Waals surface area (Å²) >= 11 is 7.90. The smallest absolute Gasteiger partial charge is 0.213 e. The minimum Gasteiger partial charge on any atom is -0.337 e. The third kappa shape index (κ3) is 3.52. The first-order valence-corrected chi connectivity index (χ1v) is 9.04. The fraction of sp³-hybridized carbons (Fsp3) is 0.0526. The van der Waals surface area contributed by atoms with Gasteiger partial charge in [-0.25, -0.2) is 9.97 Å². The molecule has 0 aliphatic heterocycles. The summed E-state index contributed by atoms with van der Waals surface area (Å²) < 4.78 is 13.3. The number of fused-ring (bicyclic) bond motifs is 1. The van der Waals surface area contributed by atoms with Crippen LogP contribution in [0.5, 0.6) is 0 Å². The van der Waals surface area contributed by atoms with Crippen LogP contribution in [0.3, 0.4) is 0 Å². The molecule has 0 spiro atoms. The minimum atomic E-state index is -0.519. The molecule has 0 aliphatic carbocycles. The Balaban J connectivity index is 1.59. The number of nitrogens with zero attached hydrogens (tertiary/aromatic N) is 2. The van der Waals surface area contributed by atoms with E-state index >= 15 is 0 Å². The van der Waals surface area contributed by atoms with Gasteiger partial charge in [0.2, 0.25) is 5.95 Å². The Kier molecular flexibility index (Phi) is 4.42. The molecule has 1 N–H and O–H groups in total. The van der Waals surface area contributed by atoms with Gasteiger partial charge in [0.05, 0.1) is 11.0 Å². The Hall–Kier alpha value is -2.37. The number of aromatic amines is 1. The summed E-state index contributed by atoms with van der Waals surface area (Å²) in [6.07, 6.45) is 0. The van der Waals surface area contributed by atoms with E-state index in [0.29, 0.717) is 11.5 Å². The first kappa shape index (κ1) is 16.1. The van der Waals surface area contributed by atoms with Crippen molar-refractivity contribution >= 4 is 34.4 Å². The molecular formula is C19H13ClFN3S. The highest BCUT2D eigenvalue weighted by molar-refractivity contribution is 7.98. The highest BCUT2D eigenvalue weighted by atomic mass is 35.5.